The van der Waals surface area contributed by atoms with Crippen molar-refractivity contribution in [1.82, 2.24) is 33.6 Å². The van der Waals surface area contributed by atoms with Crippen molar-refractivity contribution >= 4 is 40.0 Å². The molecule has 39 heavy (non-hydrogen) atoms. The number of aryl methyl sites for hydroxylation is 1. The van der Waals surface area contributed by atoms with Crippen molar-refractivity contribution in [2.75, 3.05) is 5.32 Å². The Morgan fingerprint density at radius 1 is 1.13 bits per heavy atom. The smallest absolute Gasteiger partial charge is 0.312 e. The minimum absolute atomic E-state index is 0.0689. The maximum atomic E-state index is 13.2. The molecule has 2 aliphatic carbocycles. The molecule has 0 aliphatic heterocycles. The monoisotopic (exact) mass is 548 g/mol. The van der Waals surface area contributed by atoms with Crippen LogP contribution in [0, 0.1) is 11.8 Å². The minimum Gasteiger partial charge on any atom is -0.312 e. The van der Waals surface area contributed by atoms with Crippen LogP contribution in [0.3, 0.4) is 0 Å². The number of anilines is 1. The van der Waals surface area contributed by atoms with Gasteiger partial charge in [0, 0.05) is 42.7 Å². The normalized spacial score (nSPS) is 20.6. The van der Waals surface area contributed by atoms with Gasteiger partial charge in [-0.2, -0.15) is 0 Å². The van der Waals surface area contributed by atoms with Gasteiger partial charge >= 0.3 is 5.69 Å². The summed E-state index contributed by atoms with van der Waals surface area (Å²) in [5.41, 5.74) is -0.313. The molecule has 2 saturated carbocycles. The first kappa shape index (κ1) is 25.3. The third-order valence-electron chi connectivity index (χ3n) is 7.87. The van der Waals surface area contributed by atoms with Crippen LogP contribution in [0.4, 0.5) is 5.82 Å². The molecule has 4 aromatic rings. The Balaban J connectivity index is 1.20. The first-order valence-corrected chi connectivity index (χ1v) is 13.9. The molecule has 4 heterocycles. The highest BCUT2D eigenvalue weighted by Crippen LogP contribution is 2.56. The van der Waals surface area contributed by atoms with E-state index >= 15 is 0 Å². The second-order valence-electron chi connectivity index (χ2n) is 10.4. The van der Waals surface area contributed by atoms with Crippen molar-refractivity contribution < 1.29 is 9.59 Å². The maximum absolute atomic E-state index is 13.2. The second kappa shape index (κ2) is 9.63. The molecule has 2 unspecified atom stereocenters. The number of thiazole rings is 1. The predicted octanol–water partition coefficient (Wildman–Crippen LogP) is 2.50. The Bertz CT molecular complexity index is 1710. The van der Waals surface area contributed by atoms with Crippen LogP contribution in [0.1, 0.15) is 57.3 Å². The fourth-order valence-electron chi connectivity index (χ4n) is 5.42. The van der Waals surface area contributed by atoms with E-state index in [-0.39, 0.29) is 29.9 Å². The van der Waals surface area contributed by atoms with Gasteiger partial charge in [0.1, 0.15) is 22.7 Å². The molecule has 6 rings (SSSR count). The van der Waals surface area contributed by atoms with Crippen molar-refractivity contribution in [2.24, 2.45) is 18.9 Å². The molecule has 4 aromatic heterocycles. The SMILES string of the molecule is CCC(=O)Cn1c(=O)c2c(ncn2[C@@H](C)C(=O)Nc2csc(-c3cnc(C4CC5CC5C4)nc3)n2)n(C)c1=O. The molecule has 1 N–H and O–H groups in total. The quantitative estimate of drug-likeness (QED) is 0.353. The molecule has 0 spiro atoms. The van der Waals surface area contributed by atoms with Crippen LogP contribution in [0.25, 0.3) is 21.7 Å². The number of hydrogen-bond acceptors (Lipinski definition) is 9. The Morgan fingerprint density at radius 3 is 2.54 bits per heavy atom. The summed E-state index contributed by atoms with van der Waals surface area (Å²) in [6.45, 7) is 2.95. The lowest BCUT2D eigenvalue weighted by Gasteiger charge is -2.14. The molecule has 1 amide bonds. The average molecular weight is 549 g/mol. The Labute approximate surface area is 226 Å². The number of nitrogens with zero attached hydrogens (tertiary/aromatic N) is 7. The highest BCUT2D eigenvalue weighted by Gasteiger charge is 2.47. The van der Waals surface area contributed by atoms with Crippen LogP contribution >= 0.6 is 11.3 Å². The molecule has 2 fully saturated rings. The fraction of sp³-hybridized carbons (Fsp3) is 0.462. The van der Waals surface area contributed by atoms with Crippen molar-refractivity contribution in [1.29, 1.82) is 0 Å². The molecule has 0 saturated heterocycles. The maximum Gasteiger partial charge on any atom is 0.332 e. The zero-order valence-corrected chi connectivity index (χ0v) is 22.6. The summed E-state index contributed by atoms with van der Waals surface area (Å²) in [6, 6.07) is -0.846. The lowest BCUT2D eigenvalue weighted by molar-refractivity contribution is -0.120. The van der Waals surface area contributed by atoms with Gasteiger partial charge < -0.3 is 9.88 Å². The van der Waals surface area contributed by atoms with E-state index in [1.165, 1.54) is 53.1 Å². The molecule has 0 radical (unpaired) electrons. The Kier molecular flexibility index (Phi) is 6.25. The molecule has 0 aromatic carbocycles. The zero-order valence-electron chi connectivity index (χ0n) is 21.8. The van der Waals surface area contributed by atoms with E-state index in [0.717, 1.165) is 27.8 Å². The van der Waals surface area contributed by atoms with E-state index in [0.29, 0.717) is 16.7 Å². The number of fused-ring (bicyclic) bond motifs is 2. The standard InChI is InChI=1S/C26H28N8O4S/c1-4-18(35)10-33-25(37)20-22(32(3)26(33)38)29-12-34(20)13(2)23(36)30-19-11-39-24(31-19)17-8-27-21(28-9-17)16-6-14-5-15(14)7-16/h8-9,11-16H,4-7,10H2,1-3H3,(H,30,36)/t13-,14?,15?,16?/m0/s1. The van der Waals surface area contributed by atoms with E-state index in [4.69, 9.17) is 0 Å². The van der Waals surface area contributed by atoms with Crippen molar-refractivity contribution in [2.45, 2.75) is 58.0 Å². The van der Waals surface area contributed by atoms with E-state index in [9.17, 15) is 19.2 Å². The second-order valence-corrected chi connectivity index (χ2v) is 11.3. The number of ketones is 1. The van der Waals surface area contributed by atoms with Crippen LogP contribution in [0.5, 0.6) is 0 Å². The van der Waals surface area contributed by atoms with E-state index in [1.807, 2.05) is 0 Å². The minimum atomic E-state index is -0.846. The van der Waals surface area contributed by atoms with E-state index in [1.54, 1.807) is 31.6 Å². The van der Waals surface area contributed by atoms with Gasteiger partial charge in [0.25, 0.3) is 5.56 Å². The van der Waals surface area contributed by atoms with Gasteiger partial charge in [-0.3, -0.25) is 23.5 Å². The first-order chi connectivity index (χ1) is 18.7. The highest BCUT2D eigenvalue weighted by atomic mass is 32.1. The number of Topliss-reactive ketones (excluding diaryl/α,β-unsaturated/α-hetero) is 1. The summed E-state index contributed by atoms with van der Waals surface area (Å²) in [7, 11) is 1.47. The summed E-state index contributed by atoms with van der Waals surface area (Å²) >= 11 is 1.37. The summed E-state index contributed by atoms with van der Waals surface area (Å²) in [6.07, 6.45) is 8.84. The summed E-state index contributed by atoms with van der Waals surface area (Å²) in [5, 5.41) is 5.21. The van der Waals surface area contributed by atoms with Crippen molar-refractivity contribution in [3.05, 3.63) is 50.8 Å². The number of rotatable bonds is 8. The van der Waals surface area contributed by atoms with Crippen LogP contribution in [-0.2, 0) is 23.2 Å². The predicted molar refractivity (Wildman–Crippen MR) is 145 cm³/mol. The lowest BCUT2D eigenvalue weighted by Crippen LogP contribution is -2.41. The zero-order chi connectivity index (χ0) is 27.4. The van der Waals surface area contributed by atoms with Gasteiger partial charge in [-0.1, -0.05) is 6.92 Å². The lowest BCUT2D eigenvalue weighted by atomic mass is 10.0. The third-order valence-corrected chi connectivity index (χ3v) is 8.76. The van der Waals surface area contributed by atoms with Crippen LogP contribution in [0.2, 0.25) is 0 Å². The molecule has 202 valence electrons. The average Bonchev–Trinajstić information content (AvgIpc) is 3.32. The van der Waals surface area contributed by atoms with Gasteiger partial charge in [-0.25, -0.2) is 24.7 Å². The largest absolute Gasteiger partial charge is 0.332 e. The molecule has 13 heteroatoms. The van der Waals surface area contributed by atoms with Gasteiger partial charge in [-0.05, 0) is 38.0 Å². The molecular formula is C26H28N8O4S. The van der Waals surface area contributed by atoms with E-state index < -0.39 is 23.2 Å². The van der Waals surface area contributed by atoms with Gasteiger partial charge in [0.05, 0.1) is 12.9 Å². The van der Waals surface area contributed by atoms with Gasteiger partial charge in [0.2, 0.25) is 5.91 Å². The van der Waals surface area contributed by atoms with Crippen molar-refractivity contribution in [3.63, 3.8) is 0 Å². The van der Waals surface area contributed by atoms with E-state index in [2.05, 4.69) is 25.3 Å². The molecule has 12 nitrogen and oxygen atoms in total. The number of hydrogen-bond donors (Lipinski definition) is 1. The van der Waals surface area contributed by atoms with Crippen LogP contribution < -0.4 is 16.6 Å². The van der Waals surface area contributed by atoms with Crippen molar-refractivity contribution in [3.8, 4) is 10.6 Å². The van der Waals surface area contributed by atoms with Gasteiger partial charge in [0.15, 0.2) is 16.9 Å². The molecule has 2 aliphatic rings. The fourth-order valence-corrected chi connectivity index (χ4v) is 6.14. The summed E-state index contributed by atoms with van der Waals surface area (Å²) in [5.74, 6) is 2.78. The number of carbonyl (C=O) groups excluding carboxylic acids is 2. The topological polar surface area (TPSA) is 147 Å². The Hall–Kier alpha value is -4.00. The first-order valence-electron chi connectivity index (χ1n) is 13.0. The molecular weight excluding hydrogens is 520 g/mol. The highest BCUT2D eigenvalue weighted by molar-refractivity contribution is 7.13. The molecule has 0 bridgehead atoms. The molecule has 3 atom stereocenters. The van der Waals surface area contributed by atoms with Gasteiger partial charge in [-0.15, -0.1) is 11.3 Å². The third kappa shape index (κ3) is 4.50. The number of nitrogens with one attached hydrogen (secondary N) is 1. The number of amides is 1. The summed E-state index contributed by atoms with van der Waals surface area (Å²) in [4.78, 5) is 68.9. The number of imidazole rings is 1. The van der Waals surface area contributed by atoms with Crippen LogP contribution in [-0.4, -0.2) is 45.3 Å². The van der Waals surface area contributed by atoms with Crippen LogP contribution in [0.15, 0.2) is 33.7 Å². The Morgan fingerprint density at radius 2 is 1.85 bits per heavy atom. The summed E-state index contributed by atoms with van der Waals surface area (Å²) < 4.78 is 3.49. The number of carbonyl (C=O) groups is 2. The number of aromatic nitrogens is 7.